The van der Waals surface area contributed by atoms with Crippen molar-refractivity contribution in [2.75, 3.05) is 0 Å². The van der Waals surface area contributed by atoms with Crippen molar-refractivity contribution in [3.63, 3.8) is 0 Å². The number of alkyl halides is 1. The second-order valence-electron chi connectivity index (χ2n) is 3.44. The summed E-state index contributed by atoms with van der Waals surface area (Å²) in [6, 6.07) is 4.78. The zero-order valence-corrected chi connectivity index (χ0v) is 9.36. The van der Waals surface area contributed by atoms with Crippen LogP contribution in [0.25, 0.3) is 0 Å². The lowest BCUT2D eigenvalue weighted by molar-refractivity contribution is -0.385. The molecular weight excluding hydrogens is 262 g/mol. The van der Waals surface area contributed by atoms with Gasteiger partial charge in [0.1, 0.15) is 0 Å². The third-order valence-corrected chi connectivity index (χ3v) is 3.40. The van der Waals surface area contributed by atoms with Crippen molar-refractivity contribution >= 4 is 27.4 Å². The highest BCUT2D eigenvalue weighted by molar-refractivity contribution is 9.10. The first kappa shape index (κ1) is 10.3. The molecule has 1 unspecified atom stereocenters. The number of carbonyl (C=O) groups is 1. The van der Waals surface area contributed by atoms with Gasteiger partial charge in [-0.25, -0.2) is 0 Å². The summed E-state index contributed by atoms with van der Waals surface area (Å²) in [5.41, 5.74) is 0.974. The fourth-order valence-corrected chi connectivity index (χ4v) is 2.26. The van der Waals surface area contributed by atoms with E-state index in [1.165, 1.54) is 6.07 Å². The van der Waals surface area contributed by atoms with Gasteiger partial charge in [-0.05, 0) is 18.4 Å². The molecule has 1 aliphatic carbocycles. The number of nitro groups is 1. The smallest absolute Gasteiger partial charge is 0.280 e. The van der Waals surface area contributed by atoms with Crippen LogP contribution in [0.3, 0.4) is 0 Å². The molecule has 0 N–H and O–H groups in total. The summed E-state index contributed by atoms with van der Waals surface area (Å²) in [5, 5.41) is 10.8. The molecule has 0 fully saturated rings. The van der Waals surface area contributed by atoms with E-state index in [0.29, 0.717) is 12.8 Å². The Labute approximate surface area is 94.6 Å². The van der Waals surface area contributed by atoms with E-state index in [1.54, 1.807) is 12.1 Å². The van der Waals surface area contributed by atoms with E-state index in [1.807, 2.05) is 0 Å². The maximum atomic E-state index is 11.8. The summed E-state index contributed by atoms with van der Waals surface area (Å²) in [5.74, 6) is -0.177. The van der Waals surface area contributed by atoms with E-state index >= 15 is 0 Å². The predicted molar refractivity (Wildman–Crippen MR) is 58.5 cm³/mol. The molecule has 1 aromatic carbocycles. The minimum Gasteiger partial charge on any atom is -0.293 e. The maximum absolute atomic E-state index is 11.8. The van der Waals surface area contributed by atoms with Crippen molar-refractivity contribution in [2.45, 2.75) is 17.7 Å². The van der Waals surface area contributed by atoms with Crippen molar-refractivity contribution < 1.29 is 9.72 Å². The lowest BCUT2D eigenvalue weighted by atomic mass is 9.89. The van der Waals surface area contributed by atoms with E-state index in [4.69, 9.17) is 0 Å². The number of Topliss-reactive ketones (excluding diaryl/α,β-unsaturated/α-hetero) is 1. The number of hydrogen-bond donors (Lipinski definition) is 0. The SMILES string of the molecule is O=C1c2c(cccc2[N+](=O)[O-])CCC1Br. The van der Waals surface area contributed by atoms with Gasteiger partial charge in [-0.3, -0.25) is 14.9 Å². The topological polar surface area (TPSA) is 60.2 Å². The van der Waals surface area contributed by atoms with Gasteiger partial charge in [-0.1, -0.05) is 28.1 Å². The van der Waals surface area contributed by atoms with Gasteiger partial charge < -0.3 is 0 Å². The van der Waals surface area contributed by atoms with Crippen LogP contribution in [-0.2, 0) is 6.42 Å². The molecule has 78 valence electrons. The molecule has 0 saturated carbocycles. The van der Waals surface area contributed by atoms with Crippen LogP contribution in [0.4, 0.5) is 5.69 Å². The summed E-state index contributed by atoms with van der Waals surface area (Å²) < 4.78 is 0. The zero-order valence-electron chi connectivity index (χ0n) is 7.77. The molecule has 1 aliphatic rings. The van der Waals surface area contributed by atoms with Gasteiger partial charge >= 0.3 is 0 Å². The van der Waals surface area contributed by atoms with Crippen molar-refractivity contribution in [1.29, 1.82) is 0 Å². The lowest BCUT2D eigenvalue weighted by Gasteiger charge is -2.18. The number of ketones is 1. The molecular formula is C10H8BrNO3. The van der Waals surface area contributed by atoms with Gasteiger partial charge in [0.15, 0.2) is 5.78 Å². The molecule has 0 bridgehead atoms. The summed E-state index contributed by atoms with van der Waals surface area (Å²) in [4.78, 5) is 21.8. The monoisotopic (exact) mass is 269 g/mol. The van der Waals surface area contributed by atoms with Crippen LogP contribution >= 0.6 is 15.9 Å². The van der Waals surface area contributed by atoms with Crippen LogP contribution in [0.5, 0.6) is 0 Å². The Bertz CT molecular complexity index is 444. The van der Waals surface area contributed by atoms with Gasteiger partial charge in [0.2, 0.25) is 0 Å². The summed E-state index contributed by atoms with van der Waals surface area (Å²) in [6.07, 6.45) is 1.41. The molecule has 0 radical (unpaired) electrons. The van der Waals surface area contributed by atoms with Crippen LogP contribution in [-0.4, -0.2) is 15.5 Å². The third-order valence-electron chi connectivity index (χ3n) is 2.52. The number of halogens is 1. The molecule has 0 heterocycles. The number of carbonyl (C=O) groups excluding carboxylic acids is 1. The first-order valence-corrected chi connectivity index (χ1v) is 5.47. The second kappa shape index (κ2) is 3.73. The summed E-state index contributed by atoms with van der Waals surface area (Å²) in [6.45, 7) is 0. The highest BCUT2D eigenvalue weighted by atomic mass is 79.9. The quantitative estimate of drug-likeness (QED) is 0.447. The number of nitrogens with zero attached hydrogens (tertiary/aromatic N) is 1. The number of rotatable bonds is 1. The average Bonchev–Trinajstić information content (AvgIpc) is 2.23. The fourth-order valence-electron chi connectivity index (χ4n) is 1.80. The molecule has 4 nitrogen and oxygen atoms in total. The van der Waals surface area contributed by atoms with Crippen LogP contribution < -0.4 is 0 Å². The predicted octanol–water partition coefficient (Wildman–Crippen LogP) is 2.49. The van der Waals surface area contributed by atoms with Crippen molar-refractivity contribution in [3.05, 3.63) is 39.4 Å². The second-order valence-corrected chi connectivity index (χ2v) is 4.54. The summed E-state index contributed by atoms with van der Waals surface area (Å²) >= 11 is 3.23. The molecule has 0 amide bonds. The molecule has 1 aromatic rings. The molecule has 0 aliphatic heterocycles. The van der Waals surface area contributed by atoms with Gasteiger partial charge in [0.05, 0.1) is 15.3 Å². The van der Waals surface area contributed by atoms with E-state index in [0.717, 1.165) is 5.56 Å². The number of hydrogen-bond acceptors (Lipinski definition) is 3. The van der Waals surface area contributed by atoms with Crippen LogP contribution in [0.15, 0.2) is 18.2 Å². The van der Waals surface area contributed by atoms with Crippen LogP contribution in [0.2, 0.25) is 0 Å². The molecule has 1 atom stereocenters. The molecule has 0 aromatic heterocycles. The first-order chi connectivity index (χ1) is 7.11. The Morgan fingerprint density at radius 2 is 2.20 bits per heavy atom. The number of benzene rings is 1. The van der Waals surface area contributed by atoms with Crippen molar-refractivity contribution in [1.82, 2.24) is 0 Å². The summed E-state index contributed by atoms with van der Waals surface area (Å²) in [7, 11) is 0. The van der Waals surface area contributed by atoms with Gasteiger partial charge in [-0.2, -0.15) is 0 Å². The minimum absolute atomic E-state index is 0.0818. The van der Waals surface area contributed by atoms with Gasteiger partial charge in [-0.15, -0.1) is 0 Å². The van der Waals surface area contributed by atoms with Gasteiger partial charge in [0.25, 0.3) is 5.69 Å². The van der Waals surface area contributed by atoms with E-state index in [9.17, 15) is 14.9 Å². The highest BCUT2D eigenvalue weighted by Crippen LogP contribution is 2.31. The molecule has 2 rings (SSSR count). The first-order valence-electron chi connectivity index (χ1n) is 4.56. The zero-order chi connectivity index (χ0) is 11.0. The standard InChI is InChI=1S/C10H8BrNO3/c11-7-5-4-6-2-1-3-8(12(14)15)9(6)10(7)13/h1-3,7H,4-5H2. The Kier molecular flexibility index (Phi) is 2.56. The van der Waals surface area contributed by atoms with E-state index < -0.39 is 4.92 Å². The maximum Gasteiger partial charge on any atom is 0.280 e. The normalized spacial score (nSPS) is 19.8. The lowest BCUT2D eigenvalue weighted by Crippen LogP contribution is -2.23. The largest absolute Gasteiger partial charge is 0.293 e. The Morgan fingerprint density at radius 3 is 2.87 bits per heavy atom. The minimum atomic E-state index is -0.498. The Morgan fingerprint density at radius 1 is 1.47 bits per heavy atom. The Hall–Kier alpha value is -1.23. The van der Waals surface area contributed by atoms with E-state index in [-0.39, 0.29) is 21.9 Å². The Balaban J connectivity index is 2.62. The van der Waals surface area contributed by atoms with Crippen molar-refractivity contribution in [3.8, 4) is 0 Å². The van der Waals surface area contributed by atoms with Gasteiger partial charge in [0, 0.05) is 6.07 Å². The van der Waals surface area contributed by atoms with Crippen LogP contribution in [0, 0.1) is 10.1 Å². The van der Waals surface area contributed by atoms with E-state index in [2.05, 4.69) is 15.9 Å². The average molecular weight is 270 g/mol. The number of aryl methyl sites for hydroxylation is 1. The third kappa shape index (κ3) is 1.67. The van der Waals surface area contributed by atoms with Crippen molar-refractivity contribution in [2.24, 2.45) is 0 Å². The highest BCUT2D eigenvalue weighted by Gasteiger charge is 2.31. The molecule has 0 saturated heterocycles. The fraction of sp³-hybridized carbons (Fsp3) is 0.300. The molecule has 15 heavy (non-hydrogen) atoms. The molecule has 0 spiro atoms. The molecule has 5 heteroatoms. The number of fused-ring (bicyclic) bond motifs is 1. The van der Waals surface area contributed by atoms with Crippen LogP contribution in [0.1, 0.15) is 22.3 Å². The number of nitro benzene ring substituents is 1.